The van der Waals surface area contributed by atoms with Gasteiger partial charge in [0.1, 0.15) is 0 Å². The van der Waals surface area contributed by atoms with Gasteiger partial charge in [-0.3, -0.25) is 26.3 Å². The third kappa shape index (κ3) is 3.93. The molecular formula is C15H11F3N4O2. The molecule has 0 fully saturated rings. The third-order valence-corrected chi connectivity index (χ3v) is 3.04. The van der Waals surface area contributed by atoms with Crippen molar-refractivity contribution in [2.24, 2.45) is 0 Å². The van der Waals surface area contributed by atoms with Crippen molar-refractivity contribution >= 4 is 17.3 Å². The van der Waals surface area contributed by atoms with Crippen LogP contribution in [0.5, 0.6) is 0 Å². The van der Waals surface area contributed by atoms with Crippen LogP contribution >= 0.6 is 0 Å². The zero-order chi connectivity index (χ0) is 17.7. The average molecular weight is 336 g/mol. The maximum Gasteiger partial charge on any atom is 0.418 e. The molecule has 124 valence electrons. The molecule has 0 aromatic heterocycles. The van der Waals surface area contributed by atoms with Crippen LogP contribution in [0.2, 0.25) is 0 Å². The lowest BCUT2D eigenvalue weighted by Gasteiger charge is -2.15. The number of nitriles is 1. The van der Waals surface area contributed by atoms with Gasteiger partial charge >= 0.3 is 6.18 Å². The van der Waals surface area contributed by atoms with Crippen LogP contribution in [0.15, 0.2) is 42.5 Å². The van der Waals surface area contributed by atoms with E-state index in [4.69, 9.17) is 10.5 Å². The second-order valence-corrected chi connectivity index (χ2v) is 4.64. The summed E-state index contributed by atoms with van der Waals surface area (Å²) >= 11 is 0. The number of halogens is 3. The van der Waals surface area contributed by atoms with Gasteiger partial charge in [-0.25, -0.2) is 0 Å². The summed E-state index contributed by atoms with van der Waals surface area (Å²) in [7, 11) is 0. The van der Waals surface area contributed by atoms with Gasteiger partial charge in [0, 0.05) is 5.56 Å². The number of nitrogens with zero attached hydrogens (tertiary/aromatic N) is 1. The van der Waals surface area contributed by atoms with Gasteiger partial charge in [0.2, 0.25) is 0 Å². The molecule has 0 aliphatic heterocycles. The molecule has 0 aliphatic carbocycles. The maximum absolute atomic E-state index is 13.0. The Morgan fingerprint density at radius 2 is 1.79 bits per heavy atom. The number of rotatable bonds is 4. The van der Waals surface area contributed by atoms with Crippen molar-refractivity contribution in [1.29, 1.82) is 5.26 Å². The predicted molar refractivity (Wildman–Crippen MR) is 79.1 cm³/mol. The summed E-state index contributed by atoms with van der Waals surface area (Å²) in [6, 6.07) is 10.2. The number of alkyl halides is 3. The van der Waals surface area contributed by atoms with Crippen LogP contribution in [0, 0.1) is 11.3 Å². The first-order chi connectivity index (χ1) is 11.3. The largest absolute Gasteiger partial charge is 0.418 e. The van der Waals surface area contributed by atoms with E-state index in [9.17, 15) is 18.0 Å². The highest BCUT2D eigenvalue weighted by atomic mass is 19.4. The van der Waals surface area contributed by atoms with Crippen LogP contribution in [-0.2, 0) is 6.18 Å². The van der Waals surface area contributed by atoms with Crippen molar-refractivity contribution in [1.82, 2.24) is 5.43 Å². The van der Waals surface area contributed by atoms with Crippen LogP contribution in [0.25, 0.3) is 0 Å². The Labute approximate surface area is 134 Å². The summed E-state index contributed by atoms with van der Waals surface area (Å²) in [4.78, 5) is 11.9. The lowest BCUT2D eigenvalue weighted by Crippen LogP contribution is -2.30. The molecule has 0 saturated carbocycles. The van der Waals surface area contributed by atoms with E-state index in [2.05, 4.69) is 10.9 Å². The van der Waals surface area contributed by atoms with E-state index in [0.29, 0.717) is 11.8 Å². The Hall–Kier alpha value is -3.25. The number of hydrogen-bond acceptors (Lipinski definition) is 5. The van der Waals surface area contributed by atoms with E-state index in [1.807, 2.05) is 5.48 Å². The highest BCUT2D eigenvalue weighted by molar-refractivity contribution is 5.95. The number of carbonyl (C=O) groups is 1. The summed E-state index contributed by atoms with van der Waals surface area (Å²) in [5.74, 6) is -0.669. The minimum atomic E-state index is -4.69. The summed E-state index contributed by atoms with van der Waals surface area (Å²) in [6.45, 7) is 0. The van der Waals surface area contributed by atoms with Crippen LogP contribution in [-0.4, -0.2) is 11.1 Å². The standard InChI is InChI=1S/C15H11F3N4O2/c16-15(17,18)12-7-9(8-19)1-6-13(12)20-21-14(23)10-2-4-11(22-24)5-3-10/h1-7,20,22,24H,(H,21,23). The molecule has 1 amide bonds. The fraction of sp³-hybridized carbons (Fsp3) is 0.0667. The minimum absolute atomic E-state index is 0.147. The molecule has 0 spiro atoms. The smallest absolute Gasteiger partial charge is 0.298 e. The van der Waals surface area contributed by atoms with E-state index in [1.165, 1.54) is 30.3 Å². The lowest BCUT2D eigenvalue weighted by molar-refractivity contribution is -0.137. The SMILES string of the molecule is N#Cc1ccc(NNC(=O)c2ccc(NO)cc2)c(C(F)(F)F)c1. The minimum Gasteiger partial charge on any atom is -0.298 e. The number of carbonyl (C=O) groups excluding carboxylic acids is 1. The maximum atomic E-state index is 13.0. The molecule has 0 unspecified atom stereocenters. The predicted octanol–water partition coefficient (Wildman–Crippen LogP) is 3.14. The molecule has 9 heteroatoms. The first-order valence-corrected chi connectivity index (χ1v) is 6.53. The second kappa shape index (κ2) is 6.89. The zero-order valence-electron chi connectivity index (χ0n) is 12.0. The van der Waals surface area contributed by atoms with Gasteiger partial charge in [0.25, 0.3) is 5.91 Å². The van der Waals surface area contributed by atoms with Crippen LogP contribution in [0.3, 0.4) is 0 Å². The van der Waals surface area contributed by atoms with E-state index < -0.39 is 17.6 Å². The molecule has 4 N–H and O–H groups in total. The first kappa shape index (κ1) is 17.1. The van der Waals surface area contributed by atoms with Gasteiger partial charge in [0.15, 0.2) is 0 Å². The van der Waals surface area contributed by atoms with Crippen molar-refractivity contribution in [3.05, 3.63) is 59.2 Å². The zero-order valence-corrected chi connectivity index (χ0v) is 12.0. The Bertz CT molecular complexity index is 783. The van der Waals surface area contributed by atoms with Crippen LogP contribution < -0.4 is 16.3 Å². The fourth-order valence-electron chi connectivity index (χ4n) is 1.85. The molecule has 0 heterocycles. The molecule has 0 atom stereocenters. The van der Waals surface area contributed by atoms with E-state index in [0.717, 1.165) is 6.07 Å². The van der Waals surface area contributed by atoms with E-state index in [-0.39, 0.29) is 16.8 Å². The van der Waals surface area contributed by atoms with Gasteiger partial charge in [0.05, 0.1) is 28.6 Å². The Morgan fingerprint density at radius 1 is 1.12 bits per heavy atom. The van der Waals surface area contributed by atoms with E-state index >= 15 is 0 Å². The number of benzene rings is 2. The fourth-order valence-corrected chi connectivity index (χ4v) is 1.85. The van der Waals surface area contributed by atoms with Gasteiger partial charge in [-0.1, -0.05) is 0 Å². The van der Waals surface area contributed by atoms with Gasteiger partial charge in [-0.15, -0.1) is 0 Å². The van der Waals surface area contributed by atoms with Crippen molar-refractivity contribution in [3.63, 3.8) is 0 Å². The van der Waals surface area contributed by atoms with Crippen molar-refractivity contribution in [2.75, 3.05) is 10.9 Å². The first-order valence-electron chi connectivity index (χ1n) is 6.53. The molecule has 6 nitrogen and oxygen atoms in total. The normalized spacial score (nSPS) is 10.6. The molecule has 0 aliphatic rings. The average Bonchev–Trinajstić information content (AvgIpc) is 2.58. The van der Waals surface area contributed by atoms with Crippen molar-refractivity contribution in [3.8, 4) is 6.07 Å². The third-order valence-electron chi connectivity index (χ3n) is 3.04. The number of anilines is 2. The number of amides is 1. The Morgan fingerprint density at radius 3 is 2.33 bits per heavy atom. The highest BCUT2D eigenvalue weighted by Crippen LogP contribution is 2.35. The monoisotopic (exact) mass is 336 g/mol. The molecular weight excluding hydrogens is 325 g/mol. The summed E-state index contributed by atoms with van der Waals surface area (Å²) in [5.41, 5.74) is 5.16. The number of hydrogen-bond donors (Lipinski definition) is 4. The van der Waals surface area contributed by atoms with E-state index in [1.54, 1.807) is 6.07 Å². The Balaban J connectivity index is 2.16. The molecule has 2 rings (SSSR count). The second-order valence-electron chi connectivity index (χ2n) is 4.64. The number of nitrogens with one attached hydrogen (secondary N) is 3. The van der Waals surface area contributed by atoms with Gasteiger partial charge in [-0.05, 0) is 42.5 Å². The lowest BCUT2D eigenvalue weighted by atomic mass is 10.1. The molecule has 0 radical (unpaired) electrons. The molecule has 2 aromatic rings. The van der Waals surface area contributed by atoms with Gasteiger partial charge < -0.3 is 0 Å². The molecule has 0 bridgehead atoms. The molecule has 0 saturated heterocycles. The van der Waals surface area contributed by atoms with Gasteiger partial charge in [-0.2, -0.15) is 18.4 Å². The summed E-state index contributed by atoms with van der Waals surface area (Å²) < 4.78 is 39.0. The highest BCUT2D eigenvalue weighted by Gasteiger charge is 2.34. The Kier molecular flexibility index (Phi) is 4.91. The summed E-state index contributed by atoms with van der Waals surface area (Å²) in [6.07, 6.45) is -4.69. The topological polar surface area (TPSA) is 97.2 Å². The van der Waals surface area contributed by atoms with Crippen molar-refractivity contribution in [2.45, 2.75) is 6.18 Å². The van der Waals surface area contributed by atoms with Crippen molar-refractivity contribution < 1.29 is 23.2 Å². The molecule has 24 heavy (non-hydrogen) atoms. The summed E-state index contributed by atoms with van der Waals surface area (Å²) in [5, 5.41) is 17.4. The quantitative estimate of drug-likeness (QED) is 0.643. The number of hydrazine groups is 1. The van der Waals surface area contributed by atoms with Crippen LogP contribution in [0.1, 0.15) is 21.5 Å². The van der Waals surface area contributed by atoms with Crippen LogP contribution in [0.4, 0.5) is 24.5 Å². The molecule has 2 aromatic carbocycles.